The Labute approximate surface area is 198 Å². The van der Waals surface area contributed by atoms with E-state index in [0.29, 0.717) is 5.01 Å². The number of rotatable bonds is 9. The van der Waals surface area contributed by atoms with Crippen LogP contribution in [0.15, 0.2) is 29.2 Å². The maximum atomic E-state index is 13.9. The molecular formula is C22H25F2N5O4S. The zero-order chi connectivity index (χ0) is 25.0. The van der Waals surface area contributed by atoms with E-state index in [1.54, 1.807) is 20.9 Å². The van der Waals surface area contributed by atoms with Gasteiger partial charge >= 0.3 is 0 Å². The number of aliphatic hydroxyl groups is 1. The molecule has 2 unspecified atom stereocenters. The molecule has 0 radical (unpaired) electrons. The van der Waals surface area contributed by atoms with Crippen LogP contribution in [-0.4, -0.2) is 62.1 Å². The normalized spacial score (nSPS) is 13.0. The minimum Gasteiger partial charge on any atom is -0.503 e. The molecule has 3 aromatic rings. The number of H-pyrrole nitrogens is 1. The van der Waals surface area contributed by atoms with Crippen LogP contribution in [0, 0.1) is 11.6 Å². The van der Waals surface area contributed by atoms with Crippen LogP contribution in [0.25, 0.3) is 10.6 Å². The van der Waals surface area contributed by atoms with E-state index in [4.69, 9.17) is 0 Å². The van der Waals surface area contributed by atoms with E-state index in [1.165, 1.54) is 17.2 Å². The Morgan fingerprint density at radius 1 is 1.32 bits per heavy atom. The molecule has 0 aliphatic rings. The Morgan fingerprint density at radius 2 is 2.06 bits per heavy atom. The van der Waals surface area contributed by atoms with E-state index < -0.39 is 41.0 Å². The molecule has 2 aromatic heterocycles. The summed E-state index contributed by atoms with van der Waals surface area (Å²) in [6, 6.07) is 3.22. The first-order valence-electron chi connectivity index (χ1n) is 10.5. The van der Waals surface area contributed by atoms with Gasteiger partial charge in [0.1, 0.15) is 16.6 Å². The number of nitrogens with zero attached hydrogens (tertiary/aromatic N) is 3. The molecule has 182 valence electrons. The zero-order valence-corrected chi connectivity index (χ0v) is 19.6. The lowest BCUT2D eigenvalue weighted by Gasteiger charge is -2.31. The SMILES string of the molecule is CCN(C(=O)c1[nH]cc(-c2nnc(Cc3ccc(F)cc3F)s2)c(=O)c1O)C(CC(C)O)NC. The Kier molecular flexibility index (Phi) is 8.07. The molecule has 34 heavy (non-hydrogen) atoms. The lowest BCUT2D eigenvalue weighted by molar-refractivity contribution is 0.0564. The van der Waals surface area contributed by atoms with Gasteiger partial charge in [-0.15, -0.1) is 10.2 Å². The molecule has 9 nitrogen and oxygen atoms in total. The van der Waals surface area contributed by atoms with Crippen molar-refractivity contribution in [2.45, 2.75) is 39.0 Å². The van der Waals surface area contributed by atoms with Crippen molar-refractivity contribution in [1.82, 2.24) is 25.4 Å². The monoisotopic (exact) mass is 493 g/mol. The highest BCUT2D eigenvalue weighted by molar-refractivity contribution is 7.14. The summed E-state index contributed by atoms with van der Waals surface area (Å²) in [6.45, 7) is 3.60. The van der Waals surface area contributed by atoms with Gasteiger partial charge in [-0.3, -0.25) is 9.59 Å². The highest BCUT2D eigenvalue weighted by atomic mass is 32.1. The second-order valence-corrected chi connectivity index (χ2v) is 8.71. The summed E-state index contributed by atoms with van der Waals surface area (Å²) in [7, 11) is 1.64. The molecule has 0 saturated heterocycles. The van der Waals surface area contributed by atoms with Crippen LogP contribution in [-0.2, 0) is 6.42 Å². The van der Waals surface area contributed by atoms with Gasteiger partial charge in [0.05, 0.1) is 17.8 Å². The fourth-order valence-electron chi connectivity index (χ4n) is 3.48. The van der Waals surface area contributed by atoms with Crippen LogP contribution in [0.1, 0.15) is 41.3 Å². The number of halogens is 2. The lowest BCUT2D eigenvalue weighted by atomic mass is 10.1. The summed E-state index contributed by atoms with van der Waals surface area (Å²) in [5, 5.41) is 31.6. The summed E-state index contributed by atoms with van der Waals surface area (Å²) < 4.78 is 27.0. The Morgan fingerprint density at radius 3 is 2.68 bits per heavy atom. The summed E-state index contributed by atoms with van der Waals surface area (Å²) in [6.07, 6.45) is 0.364. The third kappa shape index (κ3) is 5.46. The third-order valence-electron chi connectivity index (χ3n) is 5.20. The minimum atomic E-state index is -0.814. The first-order valence-corrected chi connectivity index (χ1v) is 11.4. The number of nitrogens with one attached hydrogen (secondary N) is 2. The van der Waals surface area contributed by atoms with Gasteiger partial charge in [-0.2, -0.15) is 0 Å². The van der Waals surface area contributed by atoms with Crippen LogP contribution in [0.4, 0.5) is 8.78 Å². The molecule has 12 heteroatoms. The molecule has 0 fully saturated rings. The van der Waals surface area contributed by atoms with Gasteiger partial charge in [0.2, 0.25) is 5.43 Å². The fraction of sp³-hybridized carbons (Fsp3) is 0.364. The number of aromatic amines is 1. The maximum absolute atomic E-state index is 13.9. The lowest BCUT2D eigenvalue weighted by Crippen LogP contribution is -2.49. The van der Waals surface area contributed by atoms with E-state index in [9.17, 15) is 28.6 Å². The molecule has 2 atom stereocenters. The number of aromatic nitrogens is 3. The molecule has 0 aliphatic carbocycles. The Balaban J connectivity index is 1.87. The topological polar surface area (TPSA) is 131 Å². The van der Waals surface area contributed by atoms with Crippen molar-refractivity contribution in [2.24, 2.45) is 0 Å². The molecule has 0 spiro atoms. The van der Waals surface area contributed by atoms with Crippen molar-refractivity contribution in [3.05, 3.63) is 62.5 Å². The van der Waals surface area contributed by atoms with Crippen LogP contribution in [0.5, 0.6) is 5.75 Å². The average Bonchev–Trinajstić information content (AvgIpc) is 3.25. The number of hydrogen-bond donors (Lipinski definition) is 4. The highest BCUT2D eigenvalue weighted by Gasteiger charge is 2.28. The number of carbonyl (C=O) groups is 1. The fourth-order valence-corrected chi connectivity index (χ4v) is 4.35. The first kappa shape index (κ1) is 25.4. The Hall–Kier alpha value is -3.22. The van der Waals surface area contributed by atoms with Crippen LogP contribution >= 0.6 is 11.3 Å². The van der Waals surface area contributed by atoms with Crippen LogP contribution in [0.2, 0.25) is 0 Å². The van der Waals surface area contributed by atoms with Gasteiger partial charge in [0.25, 0.3) is 5.91 Å². The molecule has 4 N–H and O–H groups in total. The average molecular weight is 494 g/mol. The second kappa shape index (κ2) is 10.8. The smallest absolute Gasteiger partial charge is 0.275 e. The second-order valence-electron chi connectivity index (χ2n) is 7.65. The van der Waals surface area contributed by atoms with Gasteiger partial charge < -0.3 is 25.4 Å². The summed E-state index contributed by atoms with van der Waals surface area (Å²) in [4.78, 5) is 29.9. The van der Waals surface area contributed by atoms with E-state index in [1.807, 2.05) is 0 Å². The summed E-state index contributed by atoms with van der Waals surface area (Å²) in [5.74, 6) is -2.79. The van der Waals surface area contributed by atoms with Gasteiger partial charge in [-0.05, 0) is 32.5 Å². The highest BCUT2D eigenvalue weighted by Crippen LogP contribution is 2.25. The van der Waals surface area contributed by atoms with Gasteiger partial charge in [0, 0.05) is 31.6 Å². The first-order chi connectivity index (χ1) is 16.2. The van der Waals surface area contributed by atoms with E-state index in [0.717, 1.165) is 23.5 Å². The number of benzene rings is 1. The molecule has 1 amide bonds. The van der Waals surface area contributed by atoms with Crippen molar-refractivity contribution in [1.29, 1.82) is 0 Å². The van der Waals surface area contributed by atoms with E-state index in [-0.39, 0.29) is 41.2 Å². The number of amides is 1. The predicted octanol–water partition coefficient (Wildman–Crippen LogP) is 2.25. The number of aliphatic hydroxyl groups excluding tert-OH is 1. The molecule has 0 aliphatic heterocycles. The molecule has 2 heterocycles. The number of hydrogen-bond acceptors (Lipinski definition) is 8. The number of pyridine rings is 1. The maximum Gasteiger partial charge on any atom is 0.275 e. The number of carbonyl (C=O) groups excluding carboxylic acids is 1. The van der Waals surface area contributed by atoms with E-state index >= 15 is 0 Å². The van der Waals surface area contributed by atoms with Crippen molar-refractivity contribution in [2.75, 3.05) is 13.6 Å². The van der Waals surface area contributed by atoms with Crippen LogP contribution in [0.3, 0.4) is 0 Å². The summed E-state index contributed by atoms with van der Waals surface area (Å²) >= 11 is 1.01. The van der Waals surface area contributed by atoms with E-state index in [2.05, 4.69) is 20.5 Å². The molecule has 0 bridgehead atoms. The van der Waals surface area contributed by atoms with Gasteiger partial charge in [-0.25, -0.2) is 8.78 Å². The largest absolute Gasteiger partial charge is 0.503 e. The molecule has 1 aromatic carbocycles. The molecular weight excluding hydrogens is 468 g/mol. The van der Waals surface area contributed by atoms with Crippen molar-refractivity contribution >= 4 is 17.2 Å². The number of aromatic hydroxyl groups is 1. The van der Waals surface area contributed by atoms with Gasteiger partial charge in [-0.1, -0.05) is 17.4 Å². The van der Waals surface area contributed by atoms with Crippen molar-refractivity contribution in [3.8, 4) is 16.3 Å². The van der Waals surface area contributed by atoms with Gasteiger partial charge in [0.15, 0.2) is 16.5 Å². The van der Waals surface area contributed by atoms with Crippen LogP contribution < -0.4 is 10.7 Å². The quantitative estimate of drug-likeness (QED) is 0.336. The molecule has 0 saturated carbocycles. The third-order valence-corrected chi connectivity index (χ3v) is 6.16. The Bertz CT molecular complexity index is 1230. The minimum absolute atomic E-state index is 0.00502. The predicted molar refractivity (Wildman–Crippen MR) is 123 cm³/mol. The standard InChI is InChI=1S/C22H25F2N5O4S/c1-4-29(16(25-3)7-11(2)30)22(33)18-20(32)19(31)14(10-26-18)21-28-27-17(34-21)8-12-5-6-13(23)9-15(12)24/h5-6,9-11,16,25,30,32H,4,7-8H2,1-3H3,(H,26,31). The summed E-state index contributed by atoms with van der Waals surface area (Å²) in [5.41, 5.74) is -0.891. The zero-order valence-electron chi connectivity index (χ0n) is 18.8. The van der Waals surface area contributed by atoms with Crippen molar-refractivity contribution < 1.29 is 23.8 Å². The molecule has 3 rings (SSSR count). The van der Waals surface area contributed by atoms with Crippen molar-refractivity contribution in [3.63, 3.8) is 0 Å².